The molecule has 0 bridgehead atoms. The summed E-state index contributed by atoms with van der Waals surface area (Å²) in [6, 6.07) is 8.70. The molecule has 2 N–H and O–H groups in total. The van der Waals surface area contributed by atoms with Crippen LogP contribution < -0.4 is 5.32 Å². The van der Waals surface area contributed by atoms with Gasteiger partial charge in [0, 0.05) is 28.4 Å². The van der Waals surface area contributed by atoms with Crippen LogP contribution in [0.4, 0.5) is 11.4 Å². The van der Waals surface area contributed by atoms with Gasteiger partial charge in [-0.15, -0.1) is 0 Å². The molecular weight excluding hydrogens is 354 g/mol. The van der Waals surface area contributed by atoms with Gasteiger partial charge in [0.05, 0.1) is 33.6 Å². The average molecular weight is 366 g/mol. The number of nitrogens with zero attached hydrogens (tertiary/aromatic N) is 3. The minimum absolute atomic E-state index is 0.0835. The van der Waals surface area contributed by atoms with Gasteiger partial charge in [0.25, 0.3) is 5.69 Å². The zero-order valence-corrected chi connectivity index (χ0v) is 14.1. The van der Waals surface area contributed by atoms with Crippen molar-refractivity contribution < 1.29 is 4.92 Å². The van der Waals surface area contributed by atoms with Gasteiger partial charge in [0.2, 0.25) is 0 Å². The first-order valence-electron chi connectivity index (χ1n) is 7.67. The van der Waals surface area contributed by atoms with E-state index in [0.29, 0.717) is 44.1 Å². The van der Waals surface area contributed by atoms with Crippen molar-refractivity contribution in [3.63, 3.8) is 0 Å². The van der Waals surface area contributed by atoms with Crippen LogP contribution in [-0.4, -0.2) is 20.8 Å². The summed E-state index contributed by atoms with van der Waals surface area (Å²) < 4.78 is 0. The Morgan fingerprint density at radius 2 is 2.08 bits per heavy atom. The first-order valence-corrected chi connectivity index (χ1v) is 8.05. The van der Waals surface area contributed by atoms with E-state index in [1.54, 1.807) is 24.5 Å². The summed E-state index contributed by atoms with van der Waals surface area (Å²) in [6.45, 7) is 3.76. The normalized spacial score (nSPS) is 13.3. The molecule has 0 saturated carbocycles. The van der Waals surface area contributed by atoms with E-state index in [2.05, 4.69) is 27.1 Å². The van der Waals surface area contributed by atoms with E-state index in [1.165, 1.54) is 6.07 Å². The molecular formula is C18H12ClN5O2. The number of anilines is 1. The highest BCUT2D eigenvalue weighted by Gasteiger charge is 2.25. The molecule has 128 valence electrons. The molecule has 1 aliphatic heterocycles. The summed E-state index contributed by atoms with van der Waals surface area (Å²) in [5.41, 5.74) is 3.25. The number of hydrogen-bond donors (Lipinski definition) is 2. The summed E-state index contributed by atoms with van der Waals surface area (Å²) >= 11 is 6.37. The highest BCUT2D eigenvalue weighted by atomic mass is 35.5. The maximum atomic E-state index is 11.6. The molecule has 0 saturated heterocycles. The fraction of sp³-hybridized carbons (Fsp3) is 0. The Labute approximate surface area is 152 Å². The number of hydrogen-bond acceptors (Lipinski definition) is 5. The van der Waals surface area contributed by atoms with Crippen molar-refractivity contribution in [2.45, 2.75) is 0 Å². The van der Waals surface area contributed by atoms with E-state index >= 15 is 0 Å². The standard InChI is InChI=1S/C18H12ClN5O2/c1-2-10-8-20-16-12(17(22-10)11-5-3-4-6-14(11)19)7-15(24(25)26)18-13(16)9-21-23-18/h2-9,20H,1H2,(H,21,23). The third kappa shape index (κ3) is 2.46. The van der Waals surface area contributed by atoms with Crippen LogP contribution in [0.1, 0.15) is 11.1 Å². The molecule has 7 nitrogen and oxygen atoms in total. The molecule has 0 amide bonds. The van der Waals surface area contributed by atoms with Crippen molar-refractivity contribution in [2.24, 2.45) is 4.99 Å². The summed E-state index contributed by atoms with van der Waals surface area (Å²) in [4.78, 5) is 15.7. The van der Waals surface area contributed by atoms with Crippen molar-refractivity contribution in [3.8, 4) is 0 Å². The molecule has 0 atom stereocenters. The minimum Gasteiger partial charge on any atom is -0.359 e. The van der Waals surface area contributed by atoms with Crippen molar-refractivity contribution in [2.75, 3.05) is 5.32 Å². The third-order valence-corrected chi connectivity index (χ3v) is 4.44. The van der Waals surface area contributed by atoms with Crippen LogP contribution in [0.3, 0.4) is 0 Å². The van der Waals surface area contributed by atoms with E-state index in [4.69, 9.17) is 11.6 Å². The first kappa shape index (κ1) is 16.0. The van der Waals surface area contributed by atoms with Gasteiger partial charge >= 0.3 is 0 Å². The SMILES string of the molecule is C=CC1=CNc2c(cc([N+](=O)[O-])c3[nH]ncc23)C(c2ccccc2Cl)=N1. The molecule has 2 aromatic carbocycles. The van der Waals surface area contributed by atoms with Gasteiger partial charge in [-0.05, 0) is 12.1 Å². The Kier molecular flexibility index (Phi) is 3.78. The van der Waals surface area contributed by atoms with Gasteiger partial charge in [-0.25, -0.2) is 4.99 Å². The molecule has 0 unspecified atom stereocenters. The molecule has 26 heavy (non-hydrogen) atoms. The Morgan fingerprint density at radius 1 is 1.27 bits per heavy atom. The number of halogens is 1. The van der Waals surface area contributed by atoms with Gasteiger partial charge in [0.15, 0.2) is 0 Å². The monoisotopic (exact) mass is 365 g/mol. The molecule has 4 rings (SSSR count). The average Bonchev–Trinajstić information content (AvgIpc) is 3.04. The molecule has 2 heterocycles. The third-order valence-electron chi connectivity index (χ3n) is 4.11. The number of nitrogens with one attached hydrogen (secondary N) is 2. The second-order valence-electron chi connectivity index (χ2n) is 5.59. The number of nitro benzene ring substituents is 1. The summed E-state index contributed by atoms with van der Waals surface area (Å²) in [5, 5.41) is 22.5. The van der Waals surface area contributed by atoms with Crippen LogP contribution in [-0.2, 0) is 0 Å². The molecule has 1 aromatic heterocycles. The topological polar surface area (TPSA) is 96.2 Å². The number of H-pyrrole nitrogens is 1. The first-order chi connectivity index (χ1) is 12.6. The zero-order chi connectivity index (χ0) is 18.3. The lowest BCUT2D eigenvalue weighted by atomic mass is 9.97. The number of aromatic nitrogens is 2. The summed E-state index contributed by atoms with van der Waals surface area (Å²) in [5.74, 6) is 0. The maximum absolute atomic E-state index is 11.6. The summed E-state index contributed by atoms with van der Waals surface area (Å²) in [7, 11) is 0. The van der Waals surface area contributed by atoms with E-state index in [9.17, 15) is 10.1 Å². The smallest absolute Gasteiger partial charge is 0.295 e. The van der Waals surface area contributed by atoms with Gasteiger partial charge in [-0.2, -0.15) is 5.10 Å². The van der Waals surface area contributed by atoms with Gasteiger partial charge in [-0.3, -0.25) is 15.2 Å². The van der Waals surface area contributed by atoms with Gasteiger partial charge in [-0.1, -0.05) is 36.4 Å². The second kappa shape index (κ2) is 6.12. The molecule has 0 aliphatic carbocycles. The lowest BCUT2D eigenvalue weighted by molar-refractivity contribution is -0.383. The van der Waals surface area contributed by atoms with Crippen LogP contribution in [0.15, 0.2) is 66.1 Å². The van der Waals surface area contributed by atoms with Crippen LogP contribution in [0.5, 0.6) is 0 Å². The number of benzene rings is 2. The van der Waals surface area contributed by atoms with Gasteiger partial charge < -0.3 is 5.32 Å². The van der Waals surface area contributed by atoms with E-state index in [-0.39, 0.29) is 5.69 Å². The fourth-order valence-electron chi connectivity index (χ4n) is 2.91. The molecule has 3 aromatic rings. The Balaban J connectivity index is 2.10. The van der Waals surface area contributed by atoms with Crippen molar-refractivity contribution >= 4 is 39.6 Å². The van der Waals surface area contributed by atoms with E-state index < -0.39 is 4.92 Å². The molecule has 8 heteroatoms. The molecule has 0 spiro atoms. The highest BCUT2D eigenvalue weighted by Crippen LogP contribution is 2.37. The van der Waals surface area contributed by atoms with Crippen LogP contribution in [0.2, 0.25) is 5.02 Å². The van der Waals surface area contributed by atoms with Crippen molar-refractivity contribution in [1.82, 2.24) is 10.2 Å². The van der Waals surface area contributed by atoms with E-state index in [1.807, 2.05) is 18.2 Å². The van der Waals surface area contributed by atoms with Crippen molar-refractivity contribution in [1.29, 1.82) is 0 Å². The predicted molar refractivity (Wildman–Crippen MR) is 102 cm³/mol. The van der Waals surface area contributed by atoms with Gasteiger partial charge in [0.1, 0.15) is 5.52 Å². The Bertz CT molecular complexity index is 1130. The van der Waals surface area contributed by atoms with Crippen molar-refractivity contribution in [3.05, 3.63) is 87.3 Å². The number of rotatable bonds is 3. The van der Waals surface area contributed by atoms with Crippen LogP contribution in [0, 0.1) is 10.1 Å². The fourth-order valence-corrected chi connectivity index (χ4v) is 3.14. The number of aliphatic imine (C=N–C) groups is 1. The lowest BCUT2D eigenvalue weighted by Gasteiger charge is -2.12. The molecule has 1 aliphatic rings. The number of allylic oxidation sites excluding steroid dienone is 1. The number of fused-ring (bicyclic) bond motifs is 3. The minimum atomic E-state index is -0.447. The highest BCUT2D eigenvalue weighted by molar-refractivity contribution is 6.36. The number of non-ortho nitro benzene ring substituents is 1. The quantitative estimate of drug-likeness (QED) is 0.530. The molecule has 0 fully saturated rings. The summed E-state index contributed by atoms with van der Waals surface area (Å²) in [6.07, 6.45) is 4.83. The Hall–Kier alpha value is -3.45. The maximum Gasteiger partial charge on any atom is 0.295 e. The number of nitro groups is 1. The van der Waals surface area contributed by atoms with Crippen LogP contribution >= 0.6 is 11.6 Å². The van der Waals surface area contributed by atoms with Crippen LogP contribution in [0.25, 0.3) is 10.9 Å². The second-order valence-corrected chi connectivity index (χ2v) is 6.00. The van der Waals surface area contributed by atoms with E-state index in [0.717, 1.165) is 0 Å². The lowest BCUT2D eigenvalue weighted by Crippen LogP contribution is -2.07. The number of aromatic amines is 1. The largest absolute Gasteiger partial charge is 0.359 e. The molecule has 0 radical (unpaired) electrons. The zero-order valence-electron chi connectivity index (χ0n) is 13.4. The Morgan fingerprint density at radius 3 is 2.81 bits per heavy atom. The predicted octanol–water partition coefficient (Wildman–Crippen LogP) is 4.41.